The molecule has 19 heavy (non-hydrogen) atoms. The highest BCUT2D eigenvalue weighted by Gasteiger charge is 2.07. The van der Waals surface area contributed by atoms with Crippen LogP contribution in [-0.4, -0.2) is 39.0 Å². The molecule has 0 unspecified atom stereocenters. The number of aromatic nitrogens is 2. The molecule has 0 bridgehead atoms. The fraction of sp³-hybridized carbons (Fsp3) is 0.231. The number of nitrogens with zero attached hydrogens (tertiary/aromatic N) is 3. The third-order valence-electron chi connectivity index (χ3n) is 2.69. The van der Waals surface area contributed by atoms with Crippen LogP contribution in [0, 0.1) is 0 Å². The lowest BCUT2D eigenvalue weighted by atomic mass is 10.1. The van der Waals surface area contributed by atoms with Crippen molar-refractivity contribution in [2.75, 3.05) is 25.3 Å². The van der Waals surface area contributed by atoms with Crippen LogP contribution in [-0.2, 0) is 9.84 Å². The van der Waals surface area contributed by atoms with E-state index < -0.39 is 9.84 Å². The van der Waals surface area contributed by atoms with Crippen LogP contribution in [0.4, 0.5) is 5.82 Å². The van der Waals surface area contributed by atoms with Crippen LogP contribution in [0.25, 0.3) is 11.3 Å². The minimum atomic E-state index is -3.16. The minimum Gasteiger partial charge on any atom is -0.361 e. The zero-order valence-electron chi connectivity index (χ0n) is 11.0. The summed E-state index contributed by atoms with van der Waals surface area (Å²) in [5.41, 5.74) is 1.55. The van der Waals surface area contributed by atoms with E-state index in [-0.39, 0.29) is 0 Å². The van der Waals surface area contributed by atoms with Gasteiger partial charge in [-0.15, -0.1) is 10.2 Å². The highest BCUT2D eigenvalue weighted by atomic mass is 32.2. The molecule has 0 N–H and O–H groups in total. The first-order chi connectivity index (χ1) is 8.88. The maximum atomic E-state index is 11.4. The molecule has 1 aromatic carbocycles. The SMILES string of the molecule is CN(C)c1ccc(-c2ccc(S(C)(=O)=O)cc2)nn1. The number of hydrogen-bond donors (Lipinski definition) is 0. The molecular weight excluding hydrogens is 262 g/mol. The standard InChI is InChI=1S/C13H15N3O2S/c1-16(2)13-9-8-12(14-15-13)10-4-6-11(7-5-10)19(3,17)18/h4-9H,1-3H3. The fourth-order valence-electron chi connectivity index (χ4n) is 1.59. The van der Waals surface area contributed by atoms with Crippen LogP contribution in [0.2, 0.25) is 0 Å². The Balaban J connectivity index is 2.32. The Morgan fingerprint density at radius 3 is 2.00 bits per heavy atom. The largest absolute Gasteiger partial charge is 0.361 e. The summed E-state index contributed by atoms with van der Waals surface area (Å²) in [5, 5.41) is 8.20. The summed E-state index contributed by atoms with van der Waals surface area (Å²) >= 11 is 0. The first-order valence-electron chi connectivity index (χ1n) is 5.69. The van der Waals surface area contributed by atoms with Crippen LogP contribution in [0.15, 0.2) is 41.3 Å². The average Bonchev–Trinajstić information content (AvgIpc) is 2.38. The molecular formula is C13H15N3O2S. The number of rotatable bonds is 3. The fourth-order valence-corrected chi connectivity index (χ4v) is 2.22. The first kappa shape index (κ1) is 13.5. The Labute approximate surface area is 112 Å². The molecule has 2 rings (SSSR count). The van der Waals surface area contributed by atoms with E-state index in [1.54, 1.807) is 24.3 Å². The molecule has 0 amide bonds. The second kappa shape index (κ2) is 4.97. The second-order valence-electron chi connectivity index (χ2n) is 4.47. The third-order valence-corrected chi connectivity index (χ3v) is 3.82. The predicted octanol–water partition coefficient (Wildman–Crippen LogP) is 1.61. The molecule has 100 valence electrons. The molecule has 1 heterocycles. The number of benzene rings is 1. The maximum Gasteiger partial charge on any atom is 0.175 e. The zero-order valence-corrected chi connectivity index (χ0v) is 11.8. The van der Waals surface area contributed by atoms with Crippen molar-refractivity contribution in [1.82, 2.24) is 10.2 Å². The molecule has 0 aliphatic rings. The van der Waals surface area contributed by atoms with Gasteiger partial charge in [-0.1, -0.05) is 12.1 Å². The Morgan fingerprint density at radius 1 is 0.947 bits per heavy atom. The molecule has 6 heteroatoms. The van der Waals surface area contributed by atoms with Gasteiger partial charge in [-0.2, -0.15) is 0 Å². The van der Waals surface area contributed by atoms with E-state index in [0.29, 0.717) is 10.6 Å². The molecule has 0 spiro atoms. The quantitative estimate of drug-likeness (QED) is 0.853. The summed E-state index contributed by atoms with van der Waals surface area (Å²) in [6.07, 6.45) is 1.19. The summed E-state index contributed by atoms with van der Waals surface area (Å²) in [7, 11) is 0.624. The van der Waals surface area contributed by atoms with Crippen molar-refractivity contribution >= 4 is 15.7 Å². The number of hydrogen-bond acceptors (Lipinski definition) is 5. The molecule has 1 aromatic heterocycles. The van der Waals surface area contributed by atoms with E-state index in [1.165, 1.54) is 6.26 Å². The van der Waals surface area contributed by atoms with Crippen LogP contribution >= 0.6 is 0 Å². The van der Waals surface area contributed by atoms with Crippen LogP contribution in [0.3, 0.4) is 0 Å². The van der Waals surface area contributed by atoms with E-state index in [2.05, 4.69) is 10.2 Å². The summed E-state index contributed by atoms with van der Waals surface area (Å²) in [5.74, 6) is 0.775. The molecule has 0 aliphatic carbocycles. The van der Waals surface area contributed by atoms with Crippen molar-refractivity contribution < 1.29 is 8.42 Å². The van der Waals surface area contributed by atoms with Crippen molar-refractivity contribution in [2.24, 2.45) is 0 Å². The lowest BCUT2D eigenvalue weighted by molar-refractivity contribution is 0.602. The molecule has 0 fully saturated rings. The number of sulfone groups is 1. The molecule has 5 nitrogen and oxygen atoms in total. The van der Waals surface area contributed by atoms with E-state index in [4.69, 9.17) is 0 Å². The zero-order chi connectivity index (χ0) is 14.0. The van der Waals surface area contributed by atoms with Gasteiger partial charge in [0.2, 0.25) is 0 Å². The lowest BCUT2D eigenvalue weighted by Gasteiger charge is -2.10. The first-order valence-corrected chi connectivity index (χ1v) is 7.58. The Bertz CT molecular complexity index is 662. The second-order valence-corrected chi connectivity index (χ2v) is 6.48. The summed E-state index contributed by atoms with van der Waals surface area (Å²) in [6.45, 7) is 0. The smallest absolute Gasteiger partial charge is 0.175 e. The lowest BCUT2D eigenvalue weighted by Crippen LogP contribution is -2.11. The van der Waals surface area contributed by atoms with Crippen molar-refractivity contribution in [1.29, 1.82) is 0 Å². The van der Waals surface area contributed by atoms with E-state index >= 15 is 0 Å². The van der Waals surface area contributed by atoms with Crippen molar-refractivity contribution in [3.63, 3.8) is 0 Å². The van der Waals surface area contributed by atoms with Gasteiger partial charge in [0.25, 0.3) is 0 Å². The van der Waals surface area contributed by atoms with Gasteiger partial charge in [-0.3, -0.25) is 0 Å². The van der Waals surface area contributed by atoms with E-state index in [9.17, 15) is 8.42 Å². The minimum absolute atomic E-state index is 0.300. The molecule has 0 aliphatic heterocycles. The molecule has 0 saturated carbocycles. The number of anilines is 1. The van der Waals surface area contributed by atoms with Gasteiger partial charge >= 0.3 is 0 Å². The molecule has 2 aromatic rings. The highest BCUT2D eigenvalue weighted by molar-refractivity contribution is 7.90. The molecule has 0 radical (unpaired) electrons. The summed E-state index contributed by atoms with van der Waals surface area (Å²) in [4.78, 5) is 2.16. The normalized spacial score (nSPS) is 11.3. The average molecular weight is 277 g/mol. The van der Waals surface area contributed by atoms with E-state index in [1.807, 2.05) is 31.1 Å². The Morgan fingerprint density at radius 2 is 1.58 bits per heavy atom. The van der Waals surface area contributed by atoms with Crippen molar-refractivity contribution in [3.8, 4) is 11.3 Å². The highest BCUT2D eigenvalue weighted by Crippen LogP contribution is 2.20. The van der Waals surface area contributed by atoms with Gasteiger partial charge in [0.1, 0.15) is 0 Å². The van der Waals surface area contributed by atoms with Gasteiger partial charge in [-0.25, -0.2) is 8.42 Å². The maximum absolute atomic E-state index is 11.4. The topological polar surface area (TPSA) is 63.2 Å². The van der Waals surface area contributed by atoms with Gasteiger partial charge in [-0.05, 0) is 24.3 Å². The van der Waals surface area contributed by atoms with Gasteiger partial charge in [0.15, 0.2) is 15.7 Å². The van der Waals surface area contributed by atoms with Gasteiger partial charge in [0, 0.05) is 25.9 Å². The van der Waals surface area contributed by atoms with Crippen molar-refractivity contribution in [2.45, 2.75) is 4.90 Å². The van der Waals surface area contributed by atoms with E-state index in [0.717, 1.165) is 11.4 Å². The Hall–Kier alpha value is -1.95. The molecule has 0 saturated heterocycles. The van der Waals surface area contributed by atoms with Crippen LogP contribution in [0.5, 0.6) is 0 Å². The van der Waals surface area contributed by atoms with Gasteiger partial charge in [0.05, 0.1) is 10.6 Å². The van der Waals surface area contributed by atoms with Crippen LogP contribution in [0.1, 0.15) is 0 Å². The van der Waals surface area contributed by atoms with Gasteiger partial charge < -0.3 is 4.90 Å². The third kappa shape index (κ3) is 3.08. The summed E-state index contributed by atoms with van der Waals surface area (Å²) < 4.78 is 22.7. The summed E-state index contributed by atoms with van der Waals surface area (Å²) in [6, 6.07) is 10.3. The molecule has 0 atom stereocenters. The van der Waals surface area contributed by atoms with Crippen LogP contribution < -0.4 is 4.90 Å². The predicted molar refractivity (Wildman–Crippen MR) is 74.9 cm³/mol. The monoisotopic (exact) mass is 277 g/mol. The van der Waals surface area contributed by atoms with Crippen molar-refractivity contribution in [3.05, 3.63) is 36.4 Å². The Kier molecular flexibility index (Phi) is 3.53.